The minimum atomic E-state index is -5.15. The number of H-pyrrole nitrogens is 1. The Labute approximate surface area is 175 Å². The van der Waals surface area contributed by atoms with Crippen molar-refractivity contribution in [2.24, 2.45) is 0 Å². The predicted molar refractivity (Wildman–Crippen MR) is 98.0 cm³/mol. The number of imidazole rings is 1. The van der Waals surface area contributed by atoms with Gasteiger partial charge in [-0.25, -0.2) is 9.78 Å². The molecule has 0 unspecified atom stereocenters. The maximum Gasteiger partial charge on any atom is 0.416 e. The standard InChI is InChI=1S/C20H11F6N3O3/c21-19(22,23)11-5-10(6-12(7-11)20(24,25)26)18(31)32-9-16(30)13(8-27)17-28-14-3-1-2-4-15(14)29-17/h1-7,30H,9H2,(H,28,29)/b16-13-. The van der Waals surface area contributed by atoms with Gasteiger partial charge in [0.25, 0.3) is 0 Å². The van der Waals surface area contributed by atoms with Crippen LogP contribution in [-0.4, -0.2) is 27.7 Å². The summed E-state index contributed by atoms with van der Waals surface area (Å²) < 4.78 is 82.2. The summed E-state index contributed by atoms with van der Waals surface area (Å²) in [6, 6.07) is 8.53. The first-order chi connectivity index (χ1) is 14.9. The number of fused-ring (bicyclic) bond motifs is 1. The first-order valence-electron chi connectivity index (χ1n) is 8.64. The second kappa shape index (κ2) is 8.26. The quantitative estimate of drug-likeness (QED) is 0.242. The van der Waals surface area contributed by atoms with Crippen molar-refractivity contribution in [2.75, 3.05) is 6.61 Å². The summed E-state index contributed by atoms with van der Waals surface area (Å²) in [4.78, 5) is 18.9. The van der Waals surface area contributed by atoms with Crippen molar-refractivity contribution in [1.82, 2.24) is 9.97 Å². The fourth-order valence-electron chi connectivity index (χ4n) is 2.69. The number of para-hydroxylation sites is 2. The number of aliphatic hydroxyl groups is 1. The number of allylic oxidation sites excluding steroid dienone is 1. The fourth-order valence-corrected chi connectivity index (χ4v) is 2.69. The molecule has 0 aliphatic carbocycles. The van der Waals surface area contributed by atoms with E-state index < -0.39 is 53.0 Å². The highest BCUT2D eigenvalue weighted by Crippen LogP contribution is 2.36. The largest absolute Gasteiger partial charge is 0.507 e. The molecule has 0 saturated carbocycles. The van der Waals surface area contributed by atoms with Gasteiger partial charge in [-0.05, 0) is 30.3 Å². The minimum absolute atomic E-state index is 0.0688. The second-order valence-electron chi connectivity index (χ2n) is 6.41. The molecular weight excluding hydrogens is 444 g/mol. The topological polar surface area (TPSA) is 99.0 Å². The van der Waals surface area contributed by atoms with Crippen LogP contribution < -0.4 is 0 Å². The van der Waals surface area contributed by atoms with E-state index in [1.54, 1.807) is 30.3 Å². The summed E-state index contributed by atoms with van der Waals surface area (Å²) in [5.41, 5.74) is -3.85. The molecule has 2 aromatic carbocycles. The Bertz CT molecular complexity index is 1190. The van der Waals surface area contributed by atoms with Gasteiger partial charge in [0.1, 0.15) is 18.2 Å². The van der Waals surface area contributed by atoms with Crippen molar-refractivity contribution in [2.45, 2.75) is 12.4 Å². The lowest BCUT2D eigenvalue weighted by atomic mass is 10.0. The summed E-state index contributed by atoms with van der Waals surface area (Å²) in [5.74, 6) is -2.43. The summed E-state index contributed by atoms with van der Waals surface area (Å²) in [6.07, 6.45) is -10.3. The molecule has 0 atom stereocenters. The molecule has 32 heavy (non-hydrogen) atoms. The molecule has 12 heteroatoms. The van der Waals surface area contributed by atoms with Crippen LogP contribution in [-0.2, 0) is 17.1 Å². The molecule has 1 heterocycles. The van der Waals surface area contributed by atoms with Crippen LogP contribution >= 0.6 is 0 Å². The molecule has 0 amide bonds. The van der Waals surface area contributed by atoms with E-state index in [-0.39, 0.29) is 24.0 Å². The smallest absolute Gasteiger partial charge is 0.416 e. The number of esters is 1. The van der Waals surface area contributed by atoms with Crippen LogP contribution in [0, 0.1) is 11.3 Å². The Kier molecular flexibility index (Phi) is 5.85. The third-order valence-corrected chi connectivity index (χ3v) is 4.19. The number of nitrogens with one attached hydrogen (secondary N) is 1. The van der Waals surface area contributed by atoms with Gasteiger partial charge in [-0.15, -0.1) is 0 Å². The zero-order chi connectivity index (χ0) is 23.7. The maximum atomic E-state index is 12.9. The number of nitrogens with zero attached hydrogens (tertiary/aromatic N) is 2. The van der Waals surface area contributed by atoms with Gasteiger partial charge in [-0.3, -0.25) is 0 Å². The molecule has 166 valence electrons. The van der Waals surface area contributed by atoms with E-state index in [4.69, 9.17) is 0 Å². The lowest BCUT2D eigenvalue weighted by Gasteiger charge is -2.14. The van der Waals surface area contributed by atoms with E-state index in [0.29, 0.717) is 11.0 Å². The van der Waals surface area contributed by atoms with Gasteiger partial charge >= 0.3 is 18.3 Å². The zero-order valence-corrected chi connectivity index (χ0v) is 15.7. The normalized spacial score (nSPS) is 12.9. The molecular formula is C20H11F6N3O3. The molecule has 3 aromatic rings. The van der Waals surface area contributed by atoms with E-state index in [0.717, 1.165) is 0 Å². The van der Waals surface area contributed by atoms with Crippen LogP contribution in [0.2, 0.25) is 0 Å². The number of carbonyl (C=O) groups is 1. The van der Waals surface area contributed by atoms with Gasteiger partial charge in [-0.1, -0.05) is 12.1 Å². The molecule has 0 aliphatic heterocycles. The van der Waals surface area contributed by atoms with Gasteiger partial charge in [-0.2, -0.15) is 31.6 Å². The van der Waals surface area contributed by atoms with Crippen LogP contribution in [0.25, 0.3) is 16.6 Å². The number of benzene rings is 2. The van der Waals surface area contributed by atoms with Crippen molar-refractivity contribution in [3.63, 3.8) is 0 Å². The van der Waals surface area contributed by atoms with Crippen molar-refractivity contribution in [3.05, 3.63) is 70.7 Å². The lowest BCUT2D eigenvalue weighted by molar-refractivity contribution is -0.143. The van der Waals surface area contributed by atoms with Crippen LogP contribution in [0.3, 0.4) is 0 Å². The number of alkyl halides is 6. The SMILES string of the molecule is N#C/C(=C(/O)COC(=O)c1cc(C(F)(F)F)cc(C(F)(F)F)c1)c1nc2ccccc2[nH]1. The number of aromatic nitrogens is 2. The van der Waals surface area contributed by atoms with E-state index in [1.165, 1.54) is 0 Å². The molecule has 0 saturated heterocycles. The zero-order valence-electron chi connectivity index (χ0n) is 15.7. The third kappa shape index (κ3) is 4.83. The molecule has 1 aromatic heterocycles. The van der Waals surface area contributed by atoms with Crippen molar-refractivity contribution >= 4 is 22.6 Å². The molecule has 3 rings (SSSR count). The van der Waals surface area contributed by atoms with Crippen LogP contribution in [0.1, 0.15) is 27.3 Å². The number of hydrogen-bond acceptors (Lipinski definition) is 5. The Hall–Kier alpha value is -4.01. The average Bonchev–Trinajstić information content (AvgIpc) is 3.14. The lowest BCUT2D eigenvalue weighted by Crippen LogP contribution is -2.15. The summed E-state index contributed by atoms with van der Waals surface area (Å²) in [5, 5.41) is 19.4. The number of nitriles is 1. The van der Waals surface area contributed by atoms with Crippen LogP contribution in [0.4, 0.5) is 26.3 Å². The number of ether oxygens (including phenoxy) is 1. The van der Waals surface area contributed by atoms with Gasteiger partial charge < -0.3 is 14.8 Å². The summed E-state index contributed by atoms with van der Waals surface area (Å²) in [7, 11) is 0. The van der Waals surface area contributed by atoms with Crippen LogP contribution in [0.5, 0.6) is 0 Å². The monoisotopic (exact) mass is 455 g/mol. The Morgan fingerprint density at radius 2 is 1.66 bits per heavy atom. The first kappa shape index (κ1) is 22.7. The van der Waals surface area contributed by atoms with Crippen LogP contribution in [0.15, 0.2) is 48.2 Å². The molecule has 2 N–H and O–H groups in total. The second-order valence-corrected chi connectivity index (χ2v) is 6.41. The van der Waals surface area contributed by atoms with Gasteiger partial charge in [0, 0.05) is 0 Å². The van der Waals surface area contributed by atoms with Crippen molar-refractivity contribution in [1.29, 1.82) is 5.26 Å². The molecule has 0 radical (unpaired) electrons. The number of aliphatic hydroxyl groups excluding tert-OH is 1. The molecule has 0 bridgehead atoms. The third-order valence-electron chi connectivity index (χ3n) is 4.19. The maximum absolute atomic E-state index is 12.9. The number of carbonyl (C=O) groups excluding carboxylic acids is 1. The first-order valence-corrected chi connectivity index (χ1v) is 8.64. The van der Waals surface area contributed by atoms with E-state index in [1.807, 2.05) is 0 Å². The number of rotatable bonds is 4. The highest BCUT2D eigenvalue weighted by atomic mass is 19.4. The number of aromatic amines is 1. The van der Waals surface area contributed by atoms with E-state index in [9.17, 15) is 41.5 Å². The van der Waals surface area contributed by atoms with Gasteiger partial charge in [0.2, 0.25) is 0 Å². The molecule has 6 nitrogen and oxygen atoms in total. The average molecular weight is 455 g/mol. The highest BCUT2D eigenvalue weighted by Gasteiger charge is 2.37. The fraction of sp³-hybridized carbons (Fsp3) is 0.150. The highest BCUT2D eigenvalue weighted by molar-refractivity contribution is 5.90. The van der Waals surface area contributed by atoms with Crippen molar-refractivity contribution < 1.29 is 41.0 Å². The summed E-state index contributed by atoms with van der Waals surface area (Å²) >= 11 is 0. The Morgan fingerprint density at radius 3 is 2.19 bits per heavy atom. The predicted octanol–water partition coefficient (Wildman–Crippen LogP) is 5.25. The Morgan fingerprint density at radius 1 is 1.06 bits per heavy atom. The molecule has 0 aliphatic rings. The van der Waals surface area contributed by atoms with E-state index in [2.05, 4.69) is 14.7 Å². The number of hydrogen-bond donors (Lipinski definition) is 2. The minimum Gasteiger partial charge on any atom is -0.507 e. The van der Waals surface area contributed by atoms with E-state index >= 15 is 0 Å². The van der Waals surface area contributed by atoms with Gasteiger partial charge in [0.05, 0.1) is 27.7 Å². The van der Waals surface area contributed by atoms with Crippen molar-refractivity contribution in [3.8, 4) is 6.07 Å². The summed E-state index contributed by atoms with van der Waals surface area (Å²) in [6.45, 7) is -0.990. The molecule has 0 fully saturated rings. The Balaban J connectivity index is 1.87. The van der Waals surface area contributed by atoms with Gasteiger partial charge in [0.15, 0.2) is 11.6 Å². The number of halogens is 6. The molecule has 0 spiro atoms.